The lowest BCUT2D eigenvalue weighted by atomic mass is 10.1. The first-order chi connectivity index (χ1) is 15.6. The molecule has 1 saturated carbocycles. The van der Waals surface area contributed by atoms with Crippen LogP contribution in [0.5, 0.6) is 0 Å². The molecule has 8 heteroatoms. The first-order valence-corrected chi connectivity index (χ1v) is 11.6. The van der Waals surface area contributed by atoms with Crippen LogP contribution in [0.1, 0.15) is 25.0 Å². The van der Waals surface area contributed by atoms with Gasteiger partial charge < -0.3 is 15.7 Å². The average molecular weight is 450 g/mol. The molecule has 6 nitrogen and oxygen atoms in total. The Hall–Kier alpha value is -3.10. The summed E-state index contributed by atoms with van der Waals surface area (Å²) in [7, 11) is 0. The van der Waals surface area contributed by atoms with Crippen molar-refractivity contribution in [3.8, 4) is 10.6 Å². The summed E-state index contributed by atoms with van der Waals surface area (Å²) >= 11 is 1.62. The van der Waals surface area contributed by atoms with Gasteiger partial charge in [-0.25, -0.2) is 14.4 Å². The number of halogens is 1. The molecular weight excluding hydrogens is 425 g/mol. The van der Waals surface area contributed by atoms with E-state index in [1.165, 1.54) is 12.1 Å². The smallest absolute Gasteiger partial charge is 0.229 e. The molecule has 3 N–H and O–H groups in total. The lowest BCUT2D eigenvalue weighted by Gasteiger charge is -2.18. The number of hydrogen-bond acceptors (Lipinski definition) is 7. The van der Waals surface area contributed by atoms with E-state index < -0.39 is 0 Å². The maximum atomic E-state index is 13.3. The monoisotopic (exact) mass is 449 g/mol. The van der Waals surface area contributed by atoms with Gasteiger partial charge in [0.1, 0.15) is 16.6 Å². The molecule has 1 aliphatic carbocycles. The van der Waals surface area contributed by atoms with Crippen LogP contribution >= 0.6 is 11.3 Å². The van der Waals surface area contributed by atoms with Crippen LogP contribution in [0, 0.1) is 18.7 Å². The summed E-state index contributed by atoms with van der Waals surface area (Å²) < 4.78 is 14.4. The number of rotatable bonds is 6. The summed E-state index contributed by atoms with van der Waals surface area (Å²) in [6.07, 6.45) is 2.88. The number of thiazole rings is 1. The van der Waals surface area contributed by atoms with Crippen molar-refractivity contribution in [2.45, 2.75) is 32.2 Å². The molecule has 0 aliphatic heterocycles. The van der Waals surface area contributed by atoms with Crippen molar-refractivity contribution in [2.75, 3.05) is 17.2 Å². The first kappa shape index (κ1) is 20.8. The summed E-state index contributed by atoms with van der Waals surface area (Å²) in [5.41, 5.74) is 3.37. The van der Waals surface area contributed by atoms with Gasteiger partial charge >= 0.3 is 0 Å². The molecule has 0 bridgehead atoms. The van der Waals surface area contributed by atoms with Gasteiger partial charge in [0, 0.05) is 18.3 Å². The molecule has 0 radical (unpaired) electrons. The lowest BCUT2D eigenvalue weighted by molar-refractivity contribution is 0.229. The quantitative estimate of drug-likeness (QED) is 0.360. The summed E-state index contributed by atoms with van der Waals surface area (Å²) in [5.74, 6) is 1.20. The largest absolute Gasteiger partial charge is 0.396 e. The highest BCUT2D eigenvalue weighted by atomic mass is 32.1. The number of aliphatic hydroxyl groups is 1. The van der Waals surface area contributed by atoms with Gasteiger partial charge in [-0.05, 0) is 68.5 Å². The zero-order valence-electron chi connectivity index (χ0n) is 17.7. The third-order valence-corrected chi connectivity index (χ3v) is 6.89. The molecule has 2 atom stereocenters. The van der Waals surface area contributed by atoms with Crippen LogP contribution in [-0.4, -0.2) is 32.7 Å². The molecule has 5 rings (SSSR count). The minimum Gasteiger partial charge on any atom is -0.396 e. The van der Waals surface area contributed by atoms with E-state index in [2.05, 4.69) is 21.7 Å². The number of hydrogen-bond donors (Lipinski definition) is 3. The highest BCUT2D eigenvalue weighted by Crippen LogP contribution is 2.38. The molecule has 0 amide bonds. The number of aliphatic hydroxyl groups excluding tert-OH is 1. The van der Waals surface area contributed by atoms with Gasteiger partial charge in [-0.15, -0.1) is 11.3 Å². The number of aryl methyl sites for hydroxylation is 1. The standard InChI is InChI=1S/C24H24FN5OS/c1-14-21(23-29-19-4-2-3-5-20(19)32-23)22(27-18-9-6-15(12-18)13-31)30-24(26-14)28-17-10-7-16(25)8-11-17/h2-5,7-8,10-11,15,18,31H,6,9,12-13H2,1H3,(H2,26,27,28,30)/t15-,18+/m1/s1. The summed E-state index contributed by atoms with van der Waals surface area (Å²) in [6, 6.07) is 14.4. The fourth-order valence-electron chi connectivity index (χ4n) is 4.20. The number of para-hydroxylation sites is 1. The van der Waals surface area contributed by atoms with Crippen molar-refractivity contribution in [3.05, 3.63) is 60.0 Å². The lowest BCUT2D eigenvalue weighted by Crippen LogP contribution is -2.19. The summed E-state index contributed by atoms with van der Waals surface area (Å²) in [6.45, 7) is 2.17. The van der Waals surface area contributed by atoms with E-state index in [1.54, 1.807) is 23.5 Å². The van der Waals surface area contributed by atoms with Crippen LogP contribution in [0.2, 0.25) is 0 Å². The van der Waals surface area contributed by atoms with Gasteiger partial charge in [-0.1, -0.05) is 12.1 Å². The van der Waals surface area contributed by atoms with Gasteiger partial charge in [0.25, 0.3) is 0 Å². The van der Waals surface area contributed by atoms with E-state index in [9.17, 15) is 9.50 Å². The van der Waals surface area contributed by atoms with Crippen molar-refractivity contribution in [2.24, 2.45) is 5.92 Å². The fourth-order valence-corrected chi connectivity index (χ4v) is 5.26. The fraction of sp³-hybridized carbons (Fsp3) is 0.292. The predicted octanol–water partition coefficient (Wildman–Crippen LogP) is 5.52. The second-order valence-corrected chi connectivity index (χ2v) is 9.21. The number of nitrogens with one attached hydrogen (secondary N) is 2. The number of nitrogens with zero attached hydrogens (tertiary/aromatic N) is 3. The average Bonchev–Trinajstić information content (AvgIpc) is 3.41. The molecule has 0 spiro atoms. The van der Waals surface area contributed by atoms with E-state index in [1.807, 2.05) is 25.1 Å². The van der Waals surface area contributed by atoms with E-state index in [4.69, 9.17) is 9.97 Å². The van der Waals surface area contributed by atoms with Crippen LogP contribution < -0.4 is 10.6 Å². The van der Waals surface area contributed by atoms with E-state index in [0.717, 1.165) is 51.6 Å². The molecular formula is C24H24FN5OS. The van der Waals surface area contributed by atoms with Crippen LogP contribution in [0.4, 0.5) is 21.8 Å². The Morgan fingerprint density at radius 1 is 1.06 bits per heavy atom. The molecule has 4 aromatic rings. The Labute approximate surface area is 189 Å². The topological polar surface area (TPSA) is 83.0 Å². The van der Waals surface area contributed by atoms with Crippen molar-refractivity contribution in [1.29, 1.82) is 0 Å². The molecule has 2 aromatic heterocycles. The Kier molecular flexibility index (Phi) is 5.71. The normalized spacial score (nSPS) is 18.2. The van der Waals surface area contributed by atoms with Crippen molar-refractivity contribution in [1.82, 2.24) is 15.0 Å². The number of aromatic nitrogens is 3. The highest BCUT2D eigenvalue weighted by molar-refractivity contribution is 7.21. The van der Waals surface area contributed by atoms with E-state index >= 15 is 0 Å². The van der Waals surface area contributed by atoms with Crippen molar-refractivity contribution < 1.29 is 9.50 Å². The third-order valence-electron chi connectivity index (χ3n) is 5.84. The van der Waals surface area contributed by atoms with E-state index in [-0.39, 0.29) is 18.5 Å². The number of fused-ring (bicyclic) bond motifs is 1. The van der Waals surface area contributed by atoms with Gasteiger partial charge in [-0.3, -0.25) is 0 Å². The molecule has 164 valence electrons. The van der Waals surface area contributed by atoms with Crippen molar-refractivity contribution >= 4 is 39.0 Å². The number of anilines is 3. The molecule has 1 fully saturated rings. The number of benzene rings is 2. The SMILES string of the molecule is Cc1nc(Nc2ccc(F)cc2)nc(N[C@H]2CC[C@@H](CO)C2)c1-c1nc2ccccc2s1. The van der Waals surface area contributed by atoms with Crippen molar-refractivity contribution in [3.63, 3.8) is 0 Å². The Balaban J connectivity index is 1.54. The minimum absolute atomic E-state index is 0.211. The molecule has 0 unspecified atom stereocenters. The summed E-state index contributed by atoms with van der Waals surface area (Å²) in [4.78, 5) is 14.3. The molecule has 2 heterocycles. The third kappa shape index (κ3) is 4.28. The minimum atomic E-state index is -0.291. The van der Waals surface area contributed by atoms with Gasteiger partial charge in [0.05, 0.1) is 21.5 Å². The van der Waals surface area contributed by atoms with E-state index in [0.29, 0.717) is 17.6 Å². The Morgan fingerprint density at radius 2 is 1.88 bits per heavy atom. The van der Waals surface area contributed by atoms with Crippen LogP contribution in [-0.2, 0) is 0 Å². The maximum Gasteiger partial charge on any atom is 0.229 e. The maximum absolute atomic E-state index is 13.3. The Morgan fingerprint density at radius 3 is 2.62 bits per heavy atom. The molecule has 2 aromatic carbocycles. The van der Waals surface area contributed by atoms with Gasteiger partial charge in [-0.2, -0.15) is 4.98 Å². The van der Waals surface area contributed by atoms with Crippen LogP contribution in [0.3, 0.4) is 0 Å². The predicted molar refractivity (Wildman–Crippen MR) is 127 cm³/mol. The molecule has 0 saturated heterocycles. The molecule has 1 aliphatic rings. The summed E-state index contributed by atoms with van der Waals surface area (Å²) in [5, 5.41) is 17.2. The molecule has 32 heavy (non-hydrogen) atoms. The zero-order chi connectivity index (χ0) is 22.1. The second-order valence-electron chi connectivity index (χ2n) is 8.18. The van der Waals surface area contributed by atoms with Crippen LogP contribution in [0.25, 0.3) is 20.8 Å². The Bertz CT molecular complexity index is 1210. The zero-order valence-corrected chi connectivity index (χ0v) is 18.5. The highest BCUT2D eigenvalue weighted by Gasteiger charge is 2.26. The van der Waals surface area contributed by atoms with Crippen LogP contribution in [0.15, 0.2) is 48.5 Å². The first-order valence-electron chi connectivity index (χ1n) is 10.7. The van der Waals surface area contributed by atoms with Gasteiger partial charge in [0.2, 0.25) is 5.95 Å². The van der Waals surface area contributed by atoms with Gasteiger partial charge in [0.15, 0.2) is 0 Å². The second kappa shape index (κ2) is 8.80.